The van der Waals surface area contributed by atoms with E-state index in [9.17, 15) is 8.78 Å². The summed E-state index contributed by atoms with van der Waals surface area (Å²) in [5.74, 6) is -0.918. The molecule has 1 unspecified atom stereocenters. The van der Waals surface area contributed by atoms with E-state index >= 15 is 0 Å². The van der Waals surface area contributed by atoms with E-state index in [2.05, 4.69) is 15.4 Å². The molecule has 0 saturated carbocycles. The first-order chi connectivity index (χ1) is 9.54. The normalized spacial score (nSPS) is 12.9. The third-order valence-electron chi connectivity index (χ3n) is 3.23. The summed E-state index contributed by atoms with van der Waals surface area (Å²) in [7, 11) is 1.71. The molecule has 0 aliphatic carbocycles. The molecule has 0 aliphatic rings. The lowest BCUT2D eigenvalue weighted by molar-refractivity contribution is 0.451. The monoisotopic (exact) mass is 280 g/mol. The van der Waals surface area contributed by atoms with Crippen molar-refractivity contribution < 1.29 is 8.78 Å². The highest BCUT2D eigenvalue weighted by molar-refractivity contribution is 5.23. The second-order valence-electron chi connectivity index (χ2n) is 4.90. The van der Waals surface area contributed by atoms with Crippen molar-refractivity contribution in [2.24, 2.45) is 0 Å². The van der Waals surface area contributed by atoms with Gasteiger partial charge in [0.15, 0.2) is 11.6 Å². The van der Waals surface area contributed by atoms with E-state index in [1.807, 2.05) is 13.8 Å². The summed E-state index contributed by atoms with van der Waals surface area (Å²) in [6.45, 7) is 3.99. The Hall–Kier alpha value is -1.82. The molecule has 2 rings (SSSR count). The van der Waals surface area contributed by atoms with Crippen molar-refractivity contribution in [3.63, 3.8) is 0 Å². The quantitative estimate of drug-likeness (QED) is 0.915. The Morgan fingerprint density at radius 1 is 1.30 bits per heavy atom. The first kappa shape index (κ1) is 14.6. The van der Waals surface area contributed by atoms with Crippen molar-refractivity contribution in [1.29, 1.82) is 0 Å². The molecule has 0 aliphatic heterocycles. The van der Waals surface area contributed by atoms with Crippen LogP contribution in [0.25, 0.3) is 0 Å². The SMILES string of the molecule is CNC(Cc1ncnn1C(C)C)c1cccc(F)c1F. The number of aromatic nitrogens is 3. The number of likely N-dealkylation sites (N-methyl/N-ethyl adjacent to an activating group) is 1. The summed E-state index contributed by atoms with van der Waals surface area (Å²) in [6.07, 6.45) is 1.92. The topological polar surface area (TPSA) is 42.7 Å². The van der Waals surface area contributed by atoms with Gasteiger partial charge < -0.3 is 5.32 Å². The molecule has 1 aromatic carbocycles. The van der Waals surface area contributed by atoms with Gasteiger partial charge in [-0.1, -0.05) is 12.1 Å². The number of hydrogen-bond acceptors (Lipinski definition) is 3. The first-order valence-corrected chi connectivity index (χ1v) is 6.54. The molecule has 0 bridgehead atoms. The zero-order valence-electron chi connectivity index (χ0n) is 11.8. The molecule has 0 radical (unpaired) electrons. The van der Waals surface area contributed by atoms with Crippen LogP contribution in [0.4, 0.5) is 8.78 Å². The van der Waals surface area contributed by atoms with Crippen LogP contribution in [0.5, 0.6) is 0 Å². The fourth-order valence-electron chi connectivity index (χ4n) is 2.19. The minimum Gasteiger partial charge on any atom is -0.313 e. The molecule has 0 fully saturated rings. The van der Waals surface area contributed by atoms with Crippen LogP contribution in [0, 0.1) is 11.6 Å². The first-order valence-electron chi connectivity index (χ1n) is 6.54. The van der Waals surface area contributed by atoms with Crippen LogP contribution in [0.15, 0.2) is 24.5 Å². The molecule has 0 amide bonds. The zero-order valence-corrected chi connectivity index (χ0v) is 11.8. The number of nitrogens with zero attached hydrogens (tertiary/aromatic N) is 3. The van der Waals surface area contributed by atoms with E-state index in [1.165, 1.54) is 12.4 Å². The lowest BCUT2D eigenvalue weighted by Crippen LogP contribution is -2.23. The number of halogens is 2. The predicted molar refractivity (Wildman–Crippen MR) is 72.3 cm³/mol. The van der Waals surface area contributed by atoms with Gasteiger partial charge in [-0.2, -0.15) is 5.10 Å². The van der Waals surface area contributed by atoms with Crippen LogP contribution in [0.2, 0.25) is 0 Å². The van der Waals surface area contributed by atoms with Crippen LogP contribution < -0.4 is 5.32 Å². The Morgan fingerprint density at radius 2 is 2.05 bits per heavy atom. The Labute approximate surface area is 116 Å². The highest BCUT2D eigenvalue weighted by Crippen LogP contribution is 2.22. The second-order valence-corrected chi connectivity index (χ2v) is 4.90. The summed E-state index contributed by atoms with van der Waals surface area (Å²) >= 11 is 0. The highest BCUT2D eigenvalue weighted by Gasteiger charge is 2.20. The molecule has 1 heterocycles. The smallest absolute Gasteiger partial charge is 0.163 e. The molecule has 6 heteroatoms. The lowest BCUT2D eigenvalue weighted by atomic mass is 10.0. The molecule has 2 aromatic rings. The zero-order chi connectivity index (χ0) is 14.7. The van der Waals surface area contributed by atoms with Crippen molar-refractivity contribution in [1.82, 2.24) is 20.1 Å². The number of benzene rings is 1. The molecular formula is C14H18F2N4. The fourth-order valence-corrected chi connectivity index (χ4v) is 2.19. The largest absolute Gasteiger partial charge is 0.313 e. The molecule has 1 atom stereocenters. The van der Waals surface area contributed by atoms with Crippen molar-refractivity contribution in [3.8, 4) is 0 Å². The van der Waals surface area contributed by atoms with Crippen LogP contribution in [0.1, 0.15) is 37.3 Å². The van der Waals surface area contributed by atoms with Gasteiger partial charge in [-0.15, -0.1) is 0 Å². The molecule has 4 nitrogen and oxygen atoms in total. The van der Waals surface area contributed by atoms with Crippen molar-refractivity contribution in [2.75, 3.05) is 7.05 Å². The molecule has 1 N–H and O–H groups in total. The minimum atomic E-state index is -0.840. The average molecular weight is 280 g/mol. The average Bonchev–Trinajstić information content (AvgIpc) is 2.88. The van der Waals surface area contributed by atoms with E-state index in [4.69, 9.17) is 0 Å². The van der Waals surface area contributed by atoms with E-state index < -0.39 is 11.6 Å². The fraction of sp³-hybridized carbons (Fsp3) is 0.429. The van der Waals surface area contributed by atoms with Gasteiger partial charge in [-0.25, -0.2) is 18.4 Å². The number of nitrogens with one attached hydrogen (secondary N) is 1. The van der Waals surface area contributed by atoms with Gasteiger partial charge in [-0.05, 0) is 27.0 Å². The minimum absolute atomic E-state index is 0.169. The van der Waals surface area contributed by atoms with Gasteiger partial charge in [0.2, 0.25) is 0 Å². The van der Waals surface area contributed by atoms with Gasteiger partial charge in [-0.3, -0.25) is 0 Å². The molecule has 0 spiro atoms. The van der Waals surface area contributed by atoms with Crippen LogP contribution in [-0.2, 0) is 6.42 Å². The molecule has 20 heavy (non-hydrogen) atoms. The van der Waals surface area contributed by atoms with Gasteiger partial charge >= 0.3 is 0 Å². The molecule has 0 saturated heterocycles. The Balaban J connectivity index is 2.29. The van der Waals surface area contributed by atoms with Crippen LogP contribution >= 0.6 is 0 Å². The van der Waals surface area contributed by atoms with Gasteiger partial charge in [0.1, 0.15) is 12.2 Å². The Kier molecular flexibility index (Phi) is 4.44. The Morgan fingerprint density at radius 3 is 2.70 bits per heavy atom. The summed E-state index contributed by atoms with van der Waals surface area (Å²) in [4.78, 5) is 4.20. The maximum absolute atomic E-state index is 13.9. The number of rotatable bonds is 5. The maximum atomic E-state index is 13.9. The molecular weight excluding hydrogens is 262 g/mol. The van der Waals surface area contributed by atoms with Crippen molar-refractivity contribution in [3.05, 3.63) is 47.5 Å². The standard InChI is InChI=1S/C14H18F2N4/c1-9(2)20-13(18-8-19-20)7-12(17-3)10-5-4-6-11(15)14(10)16/h4-6,8-9,12,17H,7H2,1-3H3. The maximum Gasteiger partial charge on any atom is 0.163 e. The predicted octanol–water partition coefficient (Wildman–Crippen LogP) is 2.64. The Bertz CT molecular complexity index is 580. The van der Waals surface area contributed by atoms with Gasteiger partial charge in [0.05, 0.1) is 0 Å². The number of hydrogen-bond donors (Lipinski definition) is 1. The van der Waals surface area contributed by atoms with Crippen molar-refractivity contribution in [2.45, 2.75) is 32.4 Å². The van der Waals surface area contributed by atoms with Gasteiger partial charge in [0, 0.05) is 24.1 Å². The van der Waals surface area contributed by atoms with Crippen molar-refractivity contribution >= 4 is 0 Å². The van der Waals surface area contributed by atoms with E-state index in [-0.39, 0.29) is 12.1 Å². The third-order valence-corrected chi connectivity index (χ3v) is 3.23. The van der Waals surface area contributed by atoms with Crippen LogP contribution in [-0.4, -0.2) is 21.8 Å². The lowest BCUT2D eigenvalue weighted by Gasteiger charge is -2.18. The third kappa shape index (κ3) is 2.85. The van der Waals surface area contributed by atoms with Crippen LogP contribution in [0.3, 0.4) is 0 Å². The van der Waals surface area contributed by atoms with E-state index in [1.54, 1.807) is 17.8 Å². The van der Waals surface area contributed by atoms with E-state index in [0.29, 0.717) is 12.0 Å². The summed E-state index contributed by atoms with van der Waals surface area (Å²) in [5, 5.41) is 7.15. The molecule has 1 aromatic heterocycles. The van der Waals surface area contributed by atoms with E-state index in [0.717, 1.165) is 11.9 Å². The summed E-state index contributed by atoms with van der Waals surface area (Å²) < 4.78 is 29.0. The summed E-state index contributed by atoms with van der Waals surface area (Å²) in [5.41, 5.74) is 0.297. The van der Waals surface area contributed by atoms with Gasteiger partial charge in [0.25, 0.3) is 0 Å². The summed E-state index contributed by atoms with van der Waals surface area (Å²) in [6, 6.07) is 4.01. The second kappa shape index (κ2) is 6.09. The molecule has 108 valence electrons. The highest BCUT2D eigenvalue weighted by atomic mass is 19.2.